The summed E-state index contributed by atoms with van der Waals surface area (Å²) in [5.74, 6) is 1.87. The Kier molecular flexibility index (Phi) is 5.66. The van der Waals surface area contributed by atoms with Crippen molar-refractivity contribution in [3.8, 4) is 5.75 Å². The van der Waals surface area contributed by atoms with Crippen LogP contribution in [0.5, 0.6) is 5.75 Å². The normalized spacial score (nSPS) is 26.9. The third-order valence-corrected chi connectivity index (χ3v) is 8.78. The molecule has 7 nitrogen and oxygen atoms in total. The molecule has 1 unspecified atom stereocenters. The quantitative estimate of drug-likeness (QED) is 0.497. The van der Waals surface area contributed by atoms with Gasteiger partial charge in [0, 0.05) is 50.1 Å². The Hall–Kier alpha value is -2.36. The number of anilines is 1. The van der Waals surface area contributed by atoms with Gasteiger partial charge < -0.3 is 9.64 Å². The monoisotopic (exact) mass is 488 g/mol. The molecule has 4 heterocycles. The van der Waals surface area contributed by atoms with Crippen molar-refractivity contribution in [2.75, 3.05) is 24.6 Å². The second-order valence-corrected chi connectivity index (χ2v) is 11.0. The van der Waals surface area contributed by atoms with E-state index in [2.05, 4.69) is 14.3 Å². The van der Waals surface area contributed by atoms with Crippen molar-refractivity contribution in [3.05, 3.63) is 30.0 Å². The third kappa shape index (κ3) is 4.36. The number of alkyl halides is 2. The minimum absolute atomic E-state index is 0.0415. The number of fused-ring (bicyclic) bond motifs is 3. The molecule has 3 aromatic heterocycles. The molecule has 0 N–H and O–H groups in total. The second kappa shape index (κ2) is 8.70. The van der Waals surface area contributed by atoms with Gasteiger partial charge in [-0.3, -0.25) is 0 Å². The molecule has 3 aliphatic rings. The van der Waals surface area contributed by atoms with Crippen molar-refractivity contribution in [2.45, 2.75) is 57.8 Å². The summed E-state index contributed by atoms with van der Waals surface area (Å²) in [4.78, 5) is 11.8. The fourth-order valence-electron chi connectivity index (χ4n) is 6.05. The summed E-state index contributed by atoms with van der Waals surface area (Å²) in [6, 6.07) is 3.81. The number of piperidine rings is 1. The summed E-state index contributed by atoms with van der Waals surface area (Å²) < 4.78 is 39.1. The van der Waals surface area contributed by atoms with E-state index < -0.39 is 5.92 Å². The largest absolute Gasteiger partial charge is 0.489 e. The molecule has 34 heavy (non-hydrogen) atoms. The summed E-state index contributed by atoms with van der Waals surface area (Å²) in [5.41, 5.74) is 0.716. The molecule has 0 radical (unpaired) electrons. The van der Waals surface area contributed by atoms with Crippen LogP contribution >= 0.6 is 11.5 Å². The Labute approximate surface area is 201 Å². The molecule has 10 heteroatoms. The van der Waals surface area contributed by atoms with Gasteiger partial charge >= 0.3 is 0 Å². The van der Waals surface area contributed by atoms with Crippen LogP contribution in [-0.2, 0) is 6.42 Å². The van der Waals surface area contributed by atoms with E-state index in [4.69, 9.17) is 14.8 Å². The van der Waals surface area contributed by atoms with Gasteiger partial charge in [-0.1, -0.05) is 0 Å². The Morgan fingerprint density at radius 2 is 1.88 bits per heavy atom. The fourth-order valence-corrected chi connectivity index (χ4v) is 6.74. The minimum atomic E-state index is -2.51. The first-order valence-corrected chi connectivity index (χ1v) is 13.1. The predicted molar refractivity (Wildman–Crippen MR) is 126 cm³/mol. The number of aromatic nitrogens is 5. The van der Waals surface area contributed by atoms with Crippen molar-refractivity contribution in [1.82, 2.24) is 24.0 Å². The average Bonchev–Trinajstić information content (AvgIpc) is 3.49. The number of halogens is 2. The second-order valence-electron chi connectivity index (χ2n) is 10.3. The Morgan fingerprint density at radius 3 is 2.59 bits per heavy atom. The van der Waals surface area contributed by atoms with Crippen molar-refractivity contribution in [3.63, 3.8) is 0 Å². The maximum atomic E-state index is 13.4. The summed E-state index contributed by atoms with van der Waals surface area (Å²) in [6.07, 6.45) is 6.18. The number of aryl methyl sites for hydroxylation is 1. The number of nitrogens with zero attached hydrogens (tertiary/aromatic N) is 6. The lowest BCUT2D eigenvalue weighted by molar-refractivity contribution is -0.0498. The predicted octanol–water partition coefficient (Wildman–Crippen LogP) is 4.80. The number of rotatable bonds is 6. The number of hydrogen-bond donors (Lipinski definition) is 0. The minimum Gasteiger partial charge on any atom is -0.489 e. The van der Waals surface area contributed by atoms with E-state index in [9.17, 15) is 8.78 Å². The first kappa shape index (κ1) is 22.1. The van der Waals surface area contributed by atoms with E-state index in [1.54, 1.807) is 4.52 Å². The standard InChI is InChI=1S/C24H30F2N6OS/c1-15-27-23(34-30-15)31-12-17-4-5-18(13-31)19(17)11-21-28-22-20(3-2-10-32(22)29-21)33-14-16-6-8-24(25,26)9-7-16/h2-3,10,16-19H,4-9,11-14H2,1H3/t17-,18+,19?. The maximum Gasteiger partial charge on any atom is 0.248 e. The Balaban J connectivity index is 1.12. The molecule has 1 aliphatic heterocycles. The van der Waals surface area contributed by atoms with Gasteiger partial charge in [0.15, 0.2) is 17.2 Å². The molecule has 3 fully saturated rings. The van der Waals surface area contributed by atoms with Crippen LogP contribution in [0, 0.1) is 30.6 Å². The molecule has 2 saturated carbocycles. The van der Waals surface area contributed by atoms with Crippen LogP contribution in [0.25, 0.3) is 5.65 Å². The van der Waals surface area contributed by atoms with E-state index in [1.807, 2.05) is 25.3 Å². The van der Waals surface area contributed by atoms with E-state index >= 15 is 0 Å². The van der Waals surface area contributed by atoms with Crippen LogP contribution in [0.15, 0.2) is 18.3 Å². The first-order chi connectivity index (χ1) is 16.4. The van der Waals surface area contributed by atoms with Gasteiger partial charge in [0.25, 0.3) is 0 Å². The van der Waals surface area contributed by atoms with E-state index in [0.717, 1.165) is 36.3 Å². The smallest absolute Gasteiger partial charge is 0.248 e. The molecule has 3 aromatic rings. The molecule has 182 valence electrons. The van der Waals surface area contributed by atoms with Gasteiger partial charge in [0.1, 0.15) is 5.82 Å². The number of ether oxygens (including phenoxy) is 1. The van der Waals surface area contributed by atoms with E-state index in [1.165, 1.54) is 24.4 Å². The topological polar surface area (TPSA) is 68.4 Å². The van der Waals surface area contributed by atoms with Crippen molar-refractivity contribution in [1.29, 1.82) is 0 Å². The molecule has 1 saturated heterocycles. The maximum absolute atomic E-state index is 13.4. The highest BCUT2D eigenvalue weighted by molar-refractivity contribution is 7.09. The zero-order valence-corrected chi connectivity index (χ0v) is 20.2. The SMILES string of the molecule is Cc1nsc(N2C[C@H]3CC[C@@H](C2)C3Cc2nc3c(OCC4CCC(F)(F)CC4)cccn3n2)n1. The van der Waals surface area contributed by atoms with Crippen LogP contribution in [0.1, 0.15) is 50.2 Å². The summed E-state index contributed by atoms with van der Waals surface area (Å²) >= 11 is 1.50. The molecular formula is C24H30F2N6OS. The third-order valence-electron chi connectivity index (χ3n) is 7.92. The molecule has 0 amide bonds. The van der Waals surface area contributed by atoms with E-state index in [-0.39, 0.29) is 18.8 Å². The van der Waals surface area contributed by atoms with Gasteiger partial charge in [-0.2, -0.15) is 9.47 Å². The highest BCUT2D eigenvalue weighted by Crippen LogP contribution is 2.44. The zero-order chi connectivity index (χ0) is 23.3. The average molecular weight is 489 g/mol. The van der Waals surface area contributed by atoms with Gasteiger partial charge in [-0.25, -0.2) is 23.3 Å². The lowest BCUT2D eigenvalue weighted by Crippen LogP contribution is -2.42. The number of hydrogen-bond acceptors (Lipinski definition) is 7. The summed E-state index contributed by atoms with van der Waals surface area (Å²) in [7, 11) is 0. The van der Waals surface area contributed by atoms with Crippen LogP contribution < -0.4 is 9.64 Å². The van der Waals surface area contributed by atoms with Crippen LogP contribution in [0.2, 0.25) is 0 Å². The fraction of sp³-hybridized carbons (Fsp3) is 0.667. The van der Waals surface area contributed by atoms with Gasteiger partial charge in [0.2, 0.25) is 11.1 Å². The Bertz CT molecular complexity index is 1140. The van der Waals surface area contributed by atoms with Gasteiger partial charge in [-0.15, -0.1) is 0 Å². The van der Waals surface area contributed by atoms with Crippen LogP contribution in [0.3, 0.4) is 0 Å². The lowest BCUT2D eigenvalue weighted by atomic mass is 9.82. The van der Waals surface area contributed by atoms with Crippen molar-refractivity contribution >= 4 is 22.3 Å². The number of pyridine rings is 1. The molecule has 0 aromatic carbocycles. The molecular weight excluding hydrogens is 458 g/mol. The summed E-state index contributed by atoms with van der Waals surface area (Å²) in [5, 5.41) is 5.79. The zero-order valence-electron chi connectivity index (χ0n) is 19.4. The van der Waals surface area contributed by atoms with Crippen LogP contribution in [0.4, 0.5) is 13.9 Å². The molecule has 0 spiro atoms. The van der Waals surface area contributed by atoms with Gasteiger partial charge in [-0.05, 0) is 68.4 Å². The van der Waals surface area contributed by atoms with Gasteiger partial charge in [0.05, 0.1) is 6.61 Å². The lowest BCUT2D eigenvalue weighted by Gasteiger charge is -2.37. The molecule has 3 atom stereocenters. The molecule has 2 aliphatic carbocycles. The highest BCUT2D eigenvalue weighted by atomic mass is 32.1. The Morgan fingerprint density at radius 1 is 1.12 bits per heavy atom. The molecule has 6 rings (SSSR count). The van der Waals surface area contributed by atoms with E-state index in [0.29, 0.717) is 48.6 Å². The molecule has 2 bridgehead atoms. The summed E-state index contributed by atoms with van der Waals surface area (Å²) in [6.45, 7) is 4.45. The first-order valence-electron chi connectivity index (χ1n) is 12.3. The van der Waals surface area contributed by atoms with Crippen molar-refractivity contribution in [2.24, 2.45) is 23.7 Å². The highest BCUT2D eigenvalue weighted by Gasteiger charge is 2.43. The van der Waals surface area contributed by atoms with Crippen molar-refractivity contribution < 1.29 is 13.5 Å². The van der Waals surface area contributed by atoms with Crippen LogP contribution in [-0.4, -0.2) is 49.6 Å².